The molecule has 0 heterocycles. The second-order valence-electron chi connectivity index (χ2n) is 1.51. The van der Waals surface area contributed by atoms with Crippen LogP contribution in [0, 0.1) is 5.41 Å². The summed E-state index contributed by atoms with van der Waals surface area (Å²) >= 11 is 4.60. The molecule has 0 radical (unpaired) electrons. The van der Waals surface area contributed by atoms with Crippen LogP contribution in [0.2, 0.25) is 0 Å². The Morgan fingerprint density at radius 2 is 2.00 bits per heavy atom. The minimum atomic E-state index is -4.56. The fraction of sp³-hybridized carbons (Fsp3) is 0.500. The van der Waals surface area contributed by atoms with Crippen molar-refractivity contribution in [2.45, 2.75) is 6.18 Å². The molecule has 0 bridgehead atoms. The Morgan fingerprint density at radius 3 is 2.27 bits per heavy atom. The predicted octanol–water partition coefficient (Wildman–Crippen LogP) is 1.31. The predicted molar refractivity (Wildman–Crippen MR) is 30.6 cm³/mol. The van der Waals surface area contributed by atoms with Crippen molar-refractivity contribution in [1.29, 1.82) is 5.41 Å². The maximum Gasteiger partial charge on any atom is 0.422 e. The van der Waals surface area contributed by atoms with E-state index >= 15 is 0 Å². The summed E-state index contributed by atoms with van der Waals surface area (Å²) in [6.45, 7) is -1.68. The smallest absolute Gasteiger partial charge is 0.422 e. The lowest BCUT2D eigenvalue weighted by Gasteiger charge is -2.06. The van der Waals surface area contributed by atoms with Crippen molar-refractivity contribution < 1.29 is 22.7 Å². The van der Waals surface area contributed by atoms with Crippen LogP contribution in [0.15, 0.2) is 0 Å². The van der Waals surface area contributed by atoms with Crippen molar-refractivity contribution in [1.82, 2.24) is 0 Å². The minimum Gasteiger partial charge on any atom is -0.465 e. The summed E-state index contributed by atoms with van der Waals surface area (Å²) in [5, 5.41) is 5.07. The zero-order valence-corrected chi connectivity index (χ0v) is 5.79. The van der Waals surface area contributed by atoms with Gasteiger partial charge in [0.15, 0.2) is 6.61 Å². The Hall–Kier alpha value is -0.780. The molecule has 0 aromatic carbocycles. The van der Waals surface area contributed by atoms with Crippen LogP contribution < -0.4 is 0 Å². The highest BCUT2D eigenvalue weighted by Gasteiger charge is 2.29. The van der Waals surface area contributed by atoms with Gasteiger partial charge in [0.25, 0.3) is 5.90 Å². The molecule has 7 heteroatoms. The maximum absolute atomic E-state index is 11.3. The van der Waals surface area contributed by atoms with E-state index in [4.69, 9.17) is 5.41 Å². The van der Waals surface area contributed by atoms with Gasteiger partial charge >= 0.3 is 11.4 Å². The Balaban J connectivity index is 3.73. The molecule has 0 aliphatic heterocycles. The molecule has 64 valence electrons. The topological polar surface area (TPSA) is 50.1 Å². The van der Waals surface area contributed by atoms with Crippen LogP contribution in [0.25, 0.3) is 0 Å². The maximum atomic E-state index is 11.3. The van der Waals surface area contributed by atoms with Crippen molar-refractivity contribution in [2.75, 3.05) is 6.61 Å². The summed E-state index contributed by atoms with van der Waals surface area (Å²) in [6, 6.07) is 0. The minimum absolute atomic E-state index is 1.20. The Labute approximate surface area is 64.6 Å². The van der Waals surface area contributed by atoms with Gasteiger partial charge in [0.05, 0.1) is 0 Å². The molecule has 0 atom stereocenters. The molecule has 0 aromatic heterocycles. The number of rotatable bonds is 2. The largest absolute Gasteiger partial charge is 0.465 e. The molecule has 11 heavy (non-hydrogen) atoms. The van der Waals surface area contributed by atoms with Crippen molar-refractivity contribution in [3.8, 4) is 0 Å². The molecular weight excluding hydrogens is 186 g/mol. The first-order chi connectivity index (χ1) is 4.83. The molecule has 0 rings (SSSR count). The molecule has 0 amide bonds. The van der Waals surface area contributed by atoms with E-state index in [9.17, 15) is 18.0 Å². The number of alkyl halides is 3. The number of halogens is 4. The van der Waals surface area contributed by atoms with Gasteiger partial charge in [0.2, 0.25) is 0 Å². The van der Waals surface area contributed by atoms with Gasteiger partial charge in [0.1, 0.15) is 0 Å². The SMILES string of the molecule is N=C(OCC(F)(F)F)C(=O)Cl. The quantitative estimate of drug-likeness (QED) is 0.405. The summed E-state index contributed by atoms with van der Waals surface area (Å²) in [7, 11) is 0. The van der Waals surface area contributed by atoms with Gasteiger partial charge in [-0.1, -0.05) is 0 Å². The van der Waals surface area contributed by atoms with E-state index in [2.05, 4.69) is 16.3 Å². The van der Waals surface area contributed by atoms with Crippen LogP contribution in [0.5, 0.6) is 0 Å². The summed E-state index contributed by atoms with van der Waals surface area (Å²) in [4.78, 5) is 9.91. The monoisotopic (exact) mass is 189 g/mol. The highest BCUT2D eigenvalue weighted by Crippen LogP contribution is 2.14. The van der Waals surface area contributed by atoms with Gasteiger partial charge in [-0.3, -0.25) is 10.2 Å². The van der Waals surface area contributed by atoms with Crippen LogP contribution in [-0.2, 0) is 9.53 Å². The number of nitrogens with one attached hydrogen (secondary N) is 1. The van der Waals surface area contributed by atoms with Crippen LogP contribution in [0.4, 0.5) is 13.2 Å². The third-order valence-corrected chi connectivity index (χ3v) is 0.730. The molecule has 0 spiro atoms. The highest BCUT2D eigenvalue weighted by molar-refractivity contribution is 6.80. The number of carbonyl (C=O) groups excluding carboxylic acids is 1. The molecular formula is C4H3ClF3NO2. The van der Waals surface area contributed by atoms with Gasteiger partial charge in [-0.15, -0.1) is 0 Å². The van der Waals surface area contributed by atoms with E-state index in [0.717, 1.165) is 0 Å². The molecule has 0 saturated heterocycles. The third kappa shape index (κ3) is 5.65. The molecule has 3 nitrogen and oxygen atoms in total. The van der Waals surface area contributed by atoms with Gasteiger partial charge in [-0.25, -0.2) is 0 Å². The second kappa shape index (κ2) is 3.56. The average molecular weight is 190 g/mol. The number of hydrogen-bond donors (Lipinski definition) is 1. The van der Waals surface area contributed by atoms with Gasteiger partial charge < -0.3 is 4.74 Å². The zero-order valence-electron chi connectivity index (χ0n) is 5.04. The first-order valence-electron chi connectivity index (χ1n) is 2.31. The van der Waals surface area contributed by atoms with Crippen molar-refractivity contribution in [3.05, 3.63) is 0 Å². The molecule has 1 N–H and O–H groups in total. The summed E-state index contributed by atoms with van der Waals surface area (Å²) in [5.41, 5.74) is 0. The van der Waals surface area contributed by atoms with Gasteiger partial charge in [0, 0.05) is 0 Å². The van der Waals surface area contributed by atoms with Crippen LogP contribution in [-0.4, -0.2) is 23.9 Å². The second-order valence-corrected chi connectivity index (χ2v) is 1.85. The lowest BCUT2D eigenvalue weighted by molar-refractivity contribution is -0.156. The van der Waals surface area contributed by atoms with Gasteiger partial charge in [-0.05, 0) is 11.6 Å². The van der Waals surface area contributed by atoms with Crippen molar-refractivity contribution >= 4 is 22.7 Å². The Kier molecular flexibility index (Phi) is 3.31. The van der Waals surface area contributed by atoms with Crippen molar-refractivity contribution in [2.24, 2.45) is 0 Å². The first-order valence-corrected chi connectivity index (χ1v) is 2.68. The van der Waals surface area contributed by atoms with E-state index in [-0.39, 0.29) is 0 Å². The fourth-order valence-electron chi connectivity index (χ4n) is 0.211. The molecule has 0 unspecified atom stereocenters. The lowest BCUT2D eigenvalue weighted by Crippen LogP contribution is -2.22. The number of carbonyl (C=O) groups is 1. The average Bonchev–Trinajstić information content (AvgIpc) is 1.80. The Bertz CT molecular complexity index is 179. The standard InChI is InChI=1S/C4H3ClF3NO2/c5-2(10)3(9)11-1-4(6,7)8/h9H,1H2. The highest BCUT2D eigenvalue weighted by atomic mass is 35.5. The molecule has 0 aliphatic carbocycles. The molecule has 0 aliphatic rings. The van der Waals surface area contributed by atoms with E-state index in [0.29, 0.717) is 0 Å². The summed E-state index contributed by atoms with van der Waals surface area (Å²) in [5.74, 6) is -1.20. The van der Waals surface area contributed by atoms with E-state index in [1.807, 2.05) is 0 Å². The normalized spacial score (nSPS) is 10.9. The van der Waals surface area contributed by atoms with Crippen molar-refractivity contribution in [3.63, 3.8) is 0 Å². The summed E-state index contributed by atoms with van der Waals surface area (Å²) < 4.78 is 37.6. The van der Waals surface area contributed by atoms with Crippen LogP contribution in [0.1, 0.15) is 0 Å². The van der Waals surface area contributed by atoms with E-state index < -0.39 is 23.9 Å². The number of ether oxygens (including phenoxy) is 1. The Morgan fingerprint density at radius 1 is 1.55 bits per heavy atom. The van der Waals surface area contributed by atoms with Gasteiger partial charge in [-0.2, -0.15) is 13.2 Å². The van der Waals surface area contributed by atoms with E-state index in [1.54, 1.807) is 0 Å². The van der Waals surface area contributed by atoms with Crippen LogP contribution in [0.3, 0.4) is 0 Å². The first kappa shape index (κ1) is 10.2. The van der Waals surface area contributed by atoms with Crippen LogP contribution >= 0.6 is 11.6 Å². The van der Waals surface area contributed by atoms with E-state index in [1.165, 1.54) is 0 Å². The fourth-order valence-corrected chi connectivity index (χ4v) is 0.265. The molecule has 0 fully saturated rings. The third-order valence-electron chi connectivity index (χ3n) is 0.559. The molecule has 0 aromatic rings. The number of hydrogen-bond acceptors (Lipinski definition) is 3. The zero-order chi connectivity index (χ0) is 9.07. The lowest BCUT2D eigenvalue weighted by atomic mass is 10.7. The summed E-state index contributed by atoms with van der Waals surface area (Å²) in [6.07, 6.45) is -4.56. The molecule has 0 saturated carbocycles.